The largest absolute Gasteiger partial charge is 0.475 e. The number of Topliss-reactive ketones (excluding diaryl/α,β-unsaturated/α-hetero) is 1. The summed E-state index contributed by atoms with van der Waals surface area (Å²) in [5.74, 6) is -2.76. The summed E-state index contributed by atoms with van der Waals surface area (Å²) in [6, 6.07) is 5.77. The minimum atomic E-state index is -1.53. The van der Waals surface area contributed by atoms with Crippen molar-refractivity contribution < 1.29 is 24.3 Å². The van der Waals surface area contributed by atoms with Crippen LogP contribution >= 0.6 is 0 Å². The molecule has 1 saturated heterocycles. The fraction of sp³-hybridized carbons (Fsp3) is 0.182. The maximum Gasteiger partial charge on any atom is 0.377 e. The van der Waals surface area contributed by atoms with Gasteiger partial charge in [0.05, 0.1) is 18.7 Å². The zero-order chi connectivity index (χ0) is 12.4. The summed E-state index contributed by atoms with van der Waals surface area (Å²) < 4.78 is 0. The Morgan fingerprint density at radius 1 is 1.35 bits per heavy atom. The number of hydroxylamine groups is 1. The lowest BCUT2D eigenvalue weighted by molar-refractivity contribution is -0.131. The summed E-state index contributed by atoms with van der Waals surface area (Å²) in [7, 11) is 0. The highest BCUT2D eigenvalue weighted by Crippen LogP contribution is 2.21. The quantitative estimate of drug-likeness (QED) is 0.613. The number of carbonyl (C=O) groups is 3. The van der Waals surface area contributed by atoms with E-state index >= 15 is 0 Å². The first-order valence-electron chi connectivity index (χ1n) is 4.93. The molecule has 0 saturated carbocycles. The van der Waals surface area contributed by atoms with Crippen molar-refractivity contribution in [3.8, 4) is 0 Å². The number of hydrogen-bond donors (Lipinski definition) is 1. The van der Waals surface area contributed by atoms with Gasteiger partial charge in [-0.2, -0.15) is 5.06 Å². The Bertz CT molecular complexity index is 496. The average Bonchev–Trinajstić information content (AvgIpc) is 2.74. The lowest BCUT2D eigenvalue weighted by Crippen LogP contribution is -2.22. The molecule has 17 heavy (non-hydrogen) atoms. The highest BCUT2D eigenvalue weighted by atomic mass is 16.7. The van der Waals surface area contributed by atoms with Crippen LogP contribution in [0, 0.1) is 0 Å². The second-order valence-corrected chi connectivity index (χ2v) is 3.46. The number of benzene rings is 1. The zero-order valence-corrected chi connectivity index (χ0v) is 8.75. The minimum Gasteiger partial charge on any atom is -0.475 e. The Labute approximate surface area is 96.4 Å². The van der Waals surface area contributed by atoms with E-state index in [-0.39, 0.29) is 24.5 Å². The first kappa shape index (κ1) is 11.3. The first-order chi connectivity index (χ1) is 8.09. The van der Waals surface area contributed by atoms with Gasteiger partial charge in [0.25, 0.3) is 11.7 Å². The van der Waals surface area contributed by atoms with E-state index in [2.05, 4.69) is 0 Å². The van der Waals surface area contributed by atoms with Gasteiger partial charge in [-0.05, 0) is 12.1 Å². The van der Waals surface area contributed by atoms with Gasteiger partial charge in [0.1, 0.15) is 0 Å². The molecule has 0 atom stereocenters. The van der Waals surface area contributed by atoms with E-state index in [1.54, 1.807) is 6.07 Å². The predicted molar refractivity (Wildman–Crippen MR) is 56.5 cm³/mol. The van der Waals surface area contributed by atoms with Crippen LogP contribution in [-0.4, -0.2) is 29.4 Å². The normalized spacial score (nSPS) is 15.1. The summed E-state index contributed by atoms with van der Waals surface area (Å²) in [5, 5.41) is 9.65. The Morgan fingerprint density at radius 3 is 2.71 bits per heavy atom. The monoisotopic (exact) mass is 235 g/mol. The number of rotatable bonds is 3. The molecule has 88 valence electrons. The number of hydrogen-bond acceptors (Lipinski definition) is 4. The van der Waals surface area contributed by atoms with Crippen LogP contribution in [0.5, 0.6) is 0 Å². The number of nitrogens with zero attached hydrogens (tertiary/aromatic N) is 1. The van der Waals surface area contributed by atoms with Crippen molar-refractivity contribution in [2.45, 2.75) is 6.42 Å². The Hall–Kier alpha value is -2.21. The van der Waals surface area contributed by atoms with Crippen LogP contribution < -0.4 is 5.06 Å². The minimum absolute atomic E-state index is 0.0123. The van der Waals surface area contributed by atoms with E-state index < -0.39 is 11.8 Å². The van der Waals surface area contributed by atoms with Crippen LogP contribution in [0.15, 0.2) is 24.3 Å². The molecule has 1 aliphatic rings. The van der Waals surface area contributed by atoms with E-state index in [0.29, 0.717) is 5.69 Å². The Kier molecular flexibility index (Phi) is 2.88. The molecule has 1 fully saturated rings. The van der Waals surface area contributed by atoms with E-state index in [9.17, 15) is 14.4 Å². The molecule has 0 spiro atoms. The number of anilines is 1. The van der Waals surface area contributed by atoms with Gasteiger partial charge in [0.15, 0.2) is 0 Å². The van der Waals surface area contributed by atoms with Crippen LogP contribution in [0.25, 0.3) is 0 Å². The number of carboxylic acid groups (broad SMARTS) is 1. The topological polar surface area (TPSA) is 83.9 Å². The zero-order valence-electron chi connectivity index (χ0n) is 8.75. The fourth-order valence-electron chi connectivity index (χ4n) is 1.51. The van der Waals surface area contributed by atoms with Crippen LogP contribution in [-0.2, 0) is 14.4 Å². The molecule has 1 aromatic carbocycles. The van der Waals surface area contributed by atoms with Gasteiger partial charge in [0, 0.05) is 5.56 Å². The molecule has 2 rings (SSSR count). The van der Waals surface area contributed by atoms with E-state index in [1.807, 2.05) is 0 Å². The molecule has 1 aromatic rings. The molecule has 0 unspecified atom stereocenters. The van der Waals surface area contributed by atoms with Crippen molar-refractivity contribution in [1.29, 1.82) is 0 Å². The molecule has 6 nitrogen and oxygen atoms in total. The molecule has 0 bridgehead atoms. The highest BCUT2D eigenvalue weighted by molar-refractivity contribution is 6.40. The molecule has 1 aliphatic heterocycles. The van der Waals surface area contributed by atoms with E-state index in [0.717, 1.165) is 5.06 Å². The summed E-state index contributed by atoms with van der Waals surface area (Å²) in [4.78, 5) is 38.2. The summed E-state index contributed by atoms with van der Waals surface area (Å²) in [6.45, 7) is 0.288. The SMILES string of the molecule is O=C(O)C(=O)c1cccc(N2OCCC2=O)c1. The lowest BCUT2D eigenvalue weighted by atomic mass is 10.1. The van der Waals surface area contributed by atoms with Crippen molar-refractivity contribution in [2.75, 3.05) is 11.7 Å². The predicted octanol–water partition coefficient (Wildman–Crippen LogP) is 0.622. The number of ketones is 1. The summed E-state index contributed by atoms with van der Waals surface area (Å²) in [5.41, 5.74) is 0.373. The van der Waals surface area contributed by atoms with Gasteiger partial charge in [0.2, 0.25) is 0 Å². The van der Waals surface area contributed by atoms with Gasteiger partial charge in [-0.3, -0.25) is 14.4 Å². The van der Waals surface area contributed by atoms with Crippen molar-refractivity contribution in [1.82, 2.24) is 0 Å². The third kappa shape index (κ3) is 2.16. The van der Waals surface area contributed by atoms with Crippen LogP contribution in [0.3, 0.4) is 0 Å². The van der Waals surface area contributed by atoms with Gasteiger partial charge >= 0.3 is 5.97 Å². The summed E-state index contributed by atoms with van der Waals surface area (Å²) in [6.07, 6.45) is 0.275. The second-order valence-electron chi connectivity index (χ2n) is 3.46. The third-order valence-electron chi connectivity index (χ3n) is 2.30. The van der Waals surface area contributed by atoms with Crippen LogP contribution in [0.4, 0.5) is 5.69 Å². The molecular formula is C11H9NO5. The van der Waals surface area contributed by atoms with Crippen molar-refractivity contribution in [3.63, 3.8) is 0 Å². The molecule has 0 aromatic heterocycles. The highest BCUT2D eigenvalue weighted by Gasteiger charge is 2.24. The maximum atomic E-state index is 11.4. The molecular weight excluding hydrogens is 226 g/mol. The van der Waals surface area contributed by atoms with Gasteiger partial charge in [-0.15, -0.1) is 0 Å². The first-order valence-corrected chi connectivity index (χ1v) is 4.93. The molecule has 0 radical (unpaired) electrons. The van der Waals surface area contributed by atoms with E-state index in [4.69, 9.17) is 9.94 Å². The molecule has 1 N–H and O–H groups in total. The van der Waals surface area contributed by atoms with E-state index in [1.165, 1.54) is 18.2 Å². The van der Waals surface area contributed by atoms with Gasteiger partial charge in [-0.25, -0.2) is 4.79 Å². The number of carbonyl (C=O) groups excluding carboxylic acids is 2. The van der Waals surface area contributed by atoms with Gasteiger partial charge < -0.3 is 5.11 Å². The molecule has 1 heterocycles. The maximum absolute atomic E-state index is 11.4. The second kappa shape index (κ2) is 4.34. The summed E-state index contributed by atoms with van der Waals surface area (Å²) >= 11 is 0. The Morgan fingerprint density at radius 2 is 2.12 bits per heavy atom. The van der Waals surface area contributed by atoms with Crippen LogP contribution in [0.1, 0.15) is 16.8 Å². The smallest absolute Gasteiger partial charge is 0.377 e. The third-order valence-corrected chi connectivity index (χ3v) is 2.30. The number of aliphatic carboxylic acids is 1. The molecule has 6 heteroatoms. The number of carboxylic acids is 1. The van der Waals surface area contributed by atoms with Crippen LogP contribution in [0.2, 0.25) is 0 Å². The number of amides is 1. The standard InChI is InChI=1S/C11H9NO5/c13-9-4-5-17-12(9)8-3-1-2-7(6-8)10(14)11(15)16/h1-3,6H,4-5H2,(H,15,16). The Balaban J connectivity index is 2.31. The average molecular weight is 235 g/mol. The fourth-order valence-corrected chi connectivity index (χ4v) is 1.51. The van der Waals surface area contributed by atoms with Crippen molar-refractivity contribution >= 4 is 23.3 Å². The molecule has 0 aliphatic carbocycles. The van der Waals surface area contributed by atoms with Crippen molar-refractivity contribution in [2.24, 2.45) is 0 Å². The van der Waals surface area contributed by atoms with Gasteiger partial charge in [-0.1, -0.05) is 12.1 Å². The molecule has 1 amide bonds. The van der Waals surface area contributed by atoms with Crippen molar-refractivity contribution in [3.05, 3.63) is 29.8 Å². The lowest BCUT2D eigenvalue weighted by Gasteiger charge is -2.14.